The number of aliphatic hydroxyl groups is 1. The maximum atomic E-state index is 14.3. The van der Waals surface area contributed by atoms with Gasteiger partial charge >= 0.3 is 6.18 Å². The minimum absolute atomic E-state index is 0.0117. The van der Waals surface area contributed by atoms with Gasteiger partial charge in [0.15, 0.2) is 11.6 Å². The number of nitrogens with one attached hydrogen (secondary N) is 2. The Morgan fingerprint density at radius 1 is 1.04 bits per heavy atom. The highest BCUT2D eigenvalue weighted by Crippen LogP contribution is 2.43. The lowest BCUT2D eigenvalue weighted by Crippen LogP contribution is -2.53. The summed E-state index contributed by atoms with van der Waals surface area (Å²) >= 11 is 0. The van der Waals surface area contributed by atoms with Crippen molar-refractivity contribution in [3.63, 3.8) is 0 Å². The number of amides is 1. The zero-order valence-electron chi connectivity index (χ0n) is 25.3. The van der Waals surface area contributed by atoms with Crippen molar-refractivity contribution in [2.45, 2.75) is 37.2 Å². The predicted octanol–water partition coefficient (Wildman–Crippen LogP) is 6.87. The smallest absolute Gasteiger partial charge is 0.416 e. The van der Waals surface area contributed by atoms with Crippen LogP contribution in [-0.2, 0) is 28.7 Å². The van der Waals surface area contributed by atoms with E-state index in [0.717, 1.165) is 12.1 Å². The summed E-state index contributed by atoms with van der Waals surface area (Å²) in [4.78, 5) is 22.1. The Kier molecular flexibility index (Phi) is 10.6. The number of nitrogens with zero attached hydrogens (tertiary/aromatic N) is 4. The number of halogens is 4. The van der Waals surface area contributed by atoms with Gasteiger partial charge in [-0.3, -0.25) is 10.2 Å². The zero-order valence-corrected chi connectivity index (χ0v) is 25.3. The average molecular weight is 663 g/mol. The van der Waals surface area contributed by atoms with E-state index in [2.05, 4.69) is 20.9 Å². The lowest BCUT2D eigenvalue weighted by Gasteiger charge is -2.31. The minimum Gasteiger partial charge on any atom is -0.494 e. The molecule has 2 atom stereocenters. The van der Waals surface area contributed by atoms with Gasteiger partial charge in [0.05, 0.1) is 12.2 Å². The van der Waals surface area contributed by atoms with Gasteiger partial charge in [0.1, 0.15) is 11.6 Å². The summed E-state index contributed by atoms with van der Waals surface area (Å²) in [7, 11) is 0. The predicted molar refractivity (Wildman–Crippen MR) is 169 cm³/mol. The Bertz CT molecular complexity index is 1810. The first-order chi connectivity index (χ1) is 23.1. The largest absolute Gasteiger partial charge is 0.494 e. The van der Waals surface area contributed by atoms with Crippen LogP contribution < -0.4 is 15.6 Å². The molecule has 4 aromatic carbocycles. The molecule has 5 rings (SSSR count). The standard InChI is InChI=1S/C34H30F4N6O4/c35-27-18-22(17-26(19-27)34(36,37)38)21-40-43-32(46)33(20-25-9-4-5-10-29(25)42-44-39)30(23-7-2-1-3-8-23)48-31(41-33)24-11-13-28(14-12-24)47-16-6-15-45/h1-5,7-14,17-19,30,40,45H,6,15-16,20-21H2,(H,43,46)/t30-,33-/m0/s1. The minimum atomic E-state index is -4.76. The van der Waals surface area contributed by atoms with Crippen LogP contribution in [0.1, 0.15) is 40.3 Å². The molecule has 0 aliphatic carbocycles. The Hall–Kier alpha value is -5.43. The molecule has 0 unspecified atom stereocenters. The second kappa shape index (κ2) is 15.0. The number of azide groups is 1. The van der Waals surface area contributed by atoms with E-state index in [1.807, 2.05) is 0 Å². The molecule has 1 aliphatic heterocycles. The molecule has 0 radical (unpaired) electrons. The number of benzene rings is 4. The van der Waals surface area contributed by atoms with E-state index in [1.165, 1.54) is 0 Å². The van der Waals surface area contributed by atoms with Gasteiger partial charge in [-0.05, 0) is 64.7 Å². The van der Waals surface area contributed by atoms with Crippen LogP contribution in [0.25, 0.3) is 10.4 Å². The van der Waals surface area contributed by atoms with Crippen molar-refractivity contribution in [3.8, 4) is 5.75 Å². The molecule has 3 N–H and O–H groups in total. The van der Waals surface area contributed by atoms with E-state index in [1.54, 1.807) is 78.9 Å². The van der Waals surface area contributed by atoms with E-state index < -0.39 is 35.1 Å². The molecular formula is C34H30F4N6O4. The van der Waals surface area contributed by atoms with E-state index in [4.69, 9.17) is 19.6 Å². The second-order valence-electron chi connectivity index (χ2n) is 10.8. The number of ether oxygens (including phenoxy) is 2. The number of carbonyl (C=O) groups excluding carboxylic acids is 1. The Morgan fingerprint density at radius 3 is 2.48 bits per heavy atom. The summed E-state index contributed by atoms with van der Waals surface area (Å²) in [5.41, 5.74) is 13.3. The van der Waals surface area contributed by atoms with Crippen molar-refractivity contribution in [1.82, 2.24) is 10.9 Å². The number of aliphatic hydroxyl groups excluding tert-OH is 1. The van der Waals surface area contributed by atoms with Gasteiger partial charge in [-0.15, -0.1) is 0 Å². The fraction of sp³-hybridized carbons (Fsp3) is 0.235. The quantitative estimate of drug-likeness (QED) is 0.0358. The van der Waals surface area contributed by atoms with E-state index in [0.29, 0.717) is 41.5 Å². The van der Waals surface area contributed by atoms with Crippen LogP contribution in [0.5, 0.6) is 5.75 Å². The number of hydrogen-bond acceptors (Lipinski definition) is 7. The van der Waals surface area contributed by atoms with E-state index >= 15 is 0 Å². The SMILES string of the molecule is [N-]=[N+]=Nc1ccccc1C[C@]1(C(=O)NNCc2cc(F)cc(C(F)(F)F)c2)N=C(c2ccc(OCCCO)cc2)O[C@H]1c1ccccc1. The molecule has 1 amide bonds. The van der Waals surface area contributed by atoms with Crippen molar-refractivity contribution in [2.75, 3.05) is 13.2 Å². The summed E-state index contributed by atoms with van der Waals surface area (Å²) in [6, 6.07) is 24.4. The van der Waals surface area contributed by atoms with E-state index in [-0.39, 0.29) is 36.7 Å². The number of hydrogen-bond donors (Lipinski definition) is 3. The fourth-order valence-electron chi connectivity index (χ4n) is 5.26. The topological polar surface area (TPSA) is 141 Å². The molecule has 0 saturated heterocycles. The molecule has 0 saturated carbocycles. The van der Waals surface area contributed by atoms with Crippen LogP contribution in [0, 0.1) is 5.82 Å². The van der Waals surface area contributed by atoms with Crippen molar-refractivity contribution < 1.29 is 36.9 Å². The molecule has 10 nitrogen and oxygen atoms in total. The lowest BCUT2D eigenvalue weighted by atomic mass is 9.81. The monoisotopic (exact) mass is 662 g/mol. The molecule has 1 heterocycles. The highest BCUT2D eigenvalue weighted by Gasteiger charge is 2.53. The molecule has 14 heteroatoms. The van der Waals surface area contributed by atoms with Gasteiger partial charge in [-0.2, -0.15) is 13.2 Å². The highest BCUT2D eigenvalue weighted by molar-refractivity contribution is 6.01. The van der Waals surface area contributed by atoms with Gasteiger partial charge in [0, 0.05) is 42.2 Å². The van der Waals surface area contributed by atoms with Crippen LogP contribution in [-0.4, -0.2) is 35.7 Å². The third kappa shape index (κ3) is 7.92. The van der Waals surface area contributed by atoms with Gasteiger partial charge in [0.2, 0.25) is 5.90 Å². The molecule has 0 aromatic heterocycles. The Labute approximate surface area is 272 Å². The first-order valence-corrected chi connectivity index (χ1v) is 14.8. The maximum absolute atomic E-state index is 14.3. The fourth-order valence-corrected chi connectivity index (χ4v) is 5.26. The van der Waals surface area contributed by atoms with Crippen molar-refractivity contribution in [3.05, 3.63) is 141 Å². The maximum Gasteiger partial charge on any atom is 0.416 e. The molecule has 1 aliphatic rings. The summed E-state index contributed by atoms with van der Waals surface area (Å²) in [6.45, 7) is -0.0389. The van der Waals surface area contributed by atoms with Gasteiger partial charge in [-0.1, -0.05) is 59.7 Å². The molecule has 0 fully saturated rings. The molecule has 0 bridgehead atoms. The lowest BCUT2D eigenvalue weighted by molar-refractivity contribution is -0.138. The average Bonchev–Trinajstić information content (AvgIpc) is 3.46. The number of alkyl halides is 3. The third-order valence-corrected chi connectivity index (χ3v) is 7.52. The molecule has 248 valence electrons. The number of aliphatic imine (C=N–C) groups is 1. The van der Waals surface area contributed by atoms with Gasteiger partial charge in [-0.25, -0.2) is 14.8 Å². The van der Waals surface area contributed by atoms with Crippen molar-refractivity contribution >= 4 is 17.5 Å². The number of rotatable bonds is 13. The number of hydrazine groups is 1. The van der Waals surface area contributed by atoms with Crippen LogP contribution in [0.2, 0.25) is 0 Å². The summed E-state index contributed by atoms with van der Waals surface area (Å²) in [6.07, 6.45) is -5.43. The first-order valence-electron chi connectivity index (χ1n) is 14.8. The van der Waals surface area contributed by atoms with Crippen molar-refractivity contribution in [2.24, 2.45) is 10.1 Å². The third-order valence-electron chi connectivity index (χ3n) is 7.52. The molecule has 0 spiro atoms. The molecular weight excluding hydrogens is 632 g/mol. The molecule has 4 aromatic rings. The molecule has 48 heavy (non-hydrogen) atoms. The number of carbonyl (C=O) groups is 1. The highest BCUT2D eigenvalue weighted by atomic mass is 19.4. The van der Waals surface area contributed by atoms with Crippen LogP contribution >= 0.6 is 0 Å². The van der Waals surface area contributed by atoms with E-state index in [9.17, 15) is 27.9 Å². The normalized spacial score (nSPS) is 17.2. The van der Waals surface area contributed by atoms with Crippen molar-refractivity contribution in [1.29, 1.82) is 0 Å². The van der Waals surface area contributed by atoms with Gasteiger partial charge < -0.3 is 14.6 Å². The second-order valence-corrected chi connectivity index (χ2v) is 10.8. The first kappa shape index (κ1) is 33.9. The summed E-state index contributed by atoms with van der Waals surface area (Å²) < 4.78 is 66.0. The van der Waals surface area contributed by atoms with Gasteiger partial charge in [0.25, 0.3) is 5.91 Å². The Balaban J connectivity index is 1.53. The van der Waals surface area contributed by atoms with Crippen LogP contribution in [0.3, 0.4) is 0 Å². The summed E-state index contributed by atoms with van der Waals surface area (Å²) in [5, 5.41) is 12.8. The van der Waals surface area contributed by atoms with Crippen LogP contribution in [0.15, 0.2) is 107 Å². The zero-order chi connectivity index (χ0) is 34.1. The Morgan fingerprint density at radius 2 is 1.77 bits per heavy atom. The van der Waals surface area contributed by atoms with Crippen LogP contribution in [0.4, 0.5) is 23.2 Å². The summed E-state index contributed by atoms with van der Waals surface area (Å²) in [5.74, 6) is -1.11.